The van der Waals surface area contributed by atoms with Crippen LogP contribution >= 0.6 is 11.6 Å². The molecular weight excluding hydrogens is 426 g/mol. The third kappa shape index (κ3) is 4.68. The van der Waals surface area contributed by atoms with Crippen LogP contribution in [0.3, 0.4) is 0 Å². The molecular formula is C26H22ClNO4. The van der Waals surface area contributed by atoms with E-state index in [-0.39, 0.29) is 17.7 Å². The Morgan fingerprint density at radius 3 is 2.28 bits per heavy atom. The number of aliphatic imine (C=N–C) groups is 1. The van der Waals surface area contributed by atoms with Gasteiger partial charge in [-0.25, -0.2) is 9.79 Å². The Kier molecular flexibility index (Phi) is 6.28. The van der Waals surface area contributed by atoms with E-state index < -0.39 is 5.97 Å². The fraction of sp³-hybridized carbons (Fsp3) is 0.154. The lowest BCUT2D eigenvalue weighted by atomic mass is 10.0. The molecule has 0 radical (unpaired) electrons. The third-order valence-corrected chi connectivity index (χ3v) is 5.05. The molecule has 0 unspecified atom stereocenters. The lowest BCUT2D eigenvalue weighted by Gasteiger charge is -2.15. The average molecular weight is 448 g/mol. The van der Waals surface area contributed by atoms with Crippen LogP contribution in [0.15, 0.2) is 77.4 Å². The highest BCUT2D eigenvalue weighted by Gasteiger charge is 2.24. The van der Waals surface area contributed by atoms with Crippen LogP contribution in [0.4, 0.5) is 0 Å². The number of rotatable bonds is 6. The normalized spacial score (nSPS) is 14.5. The first-order valence-electron chi connectivity index (χ1n) is 10.2. The van der Waals surface area contributed by atoms with Crippen molar-refractivity contribution in [3.63, 3.8) is 0 Å². The van der Waals surface area contributed by atoms with Crippen molar-refractivity contribution in [2.45, 2.75) is 20.0 Å². The van der Waals surface area contributed by atoms with E-state index >= 15 is 0 Å². The van der Waals surface area contributed by atoms with Crippen LogP contribution in [-0.2, 0) is 9.53 Å². The molecule has 0 aromatic heterocycles. The van der Waals surface area contributed by atoms with Crippen molar-refractivity contribution in [1.82, 2.24) is 0 Å². The van der Waals surface area contributed by atoms with Crippen molar-refractivity contribution in [1.29, 1.82) is 0 Å². The Morgan fingerprint density at radius 1 is 0.969 bits per heavy atom. The molecule has 1 aliphatic rings. The fourth-order valence-electron chi connectivity index (χ4n) is 3.30. The van der Waals surface area contributed by atoms with Gasteiger partial charge in [0.25, 0.3) is 0 Å². The first-order chi connectivity index (χ1) is 15.4. The number of cyclic esters (lactones) is 1. The Hall–Kier alpha value is -3.57. The standard InChI is InChI=1S/C26H22ClNO4/c1-16(2)31-24-21(27)13-17(15-23(24)30-3)14-22-26(29)32-25(28-22)20-11-9-19(10-12-20)18-7-5-4-6-8-18/h4-16H,1-3H3/b22-14-. The van der Waals surface area contributed by atoms with Crippen LogP contribution < -0.4 is 9.47 Å². The van der Waals surface area contributed by atoms with Crippen molar-refractivity contribution in [3.05, 3.63) is 88.6 Å². The molecule has 3 aromatic rings. The fourth-order valence-corrected chi connectivity index (χ4v) is 3.56. The number of benzene rings is 3. The number of hydrogen-bond donors (Lipinski definition) is 0. The summed E-state index contributed by atoms with van der Waals surface area (Å²) in [5.74, 6) is 0.677. The van der Waals surface area contributed by atoms with E-state index in [0.717, 1.165) is 16.7 Å². The van der Waals surface area contributed by atoms with E-state index in [9.17, 15) is 4.79 Å². The van der Waals surface area contributed by atoms with Crippen LogP contribution in [0.2, 0.25) is 5.02 Å². The molecule has 32 heavy (non-hydrogen) atoms. The molecule has 0 spiro atoms. The van der Waals surface area contributed by atoms with Crippen LogP contribution in [-0.4, -0.2) is 25.1 Å². The van der Waals surface area contributed by atoms with Crippen molar-refractivity contribution in [2.24, 2.45) is 4.99 Å². The van der Waals surface area contributed by atoms with Gasteiger partial charge in [0.1, 0.15) is 0 Å². The second kappa shape index (κ2) is 9.28. The maximum atomic E-state index is 12.4. The van der Waals surface area contributed by atoms with Gasteiger partial charge in [-0.2, -0.15) is 0 Å². The van der Waals surface area contributed by atoms with E-state index in [1.54, 1.807) is 18.2 Å². The molecule has 0 saturated carbocycles. The lowest BCUT2D eigenvalue weighted by Crippen LogP contribution is -2.07. The van der Waals surface area contributed by atoms with Crippen molar-refractivity contribution >= 4 is 29.5 Å². The number of halogens is 1. The summed E-state index contributed by atoms with van der Waals surface area (Å²) in [4.78, 5) is 16.8. The minimum absolute atomic E-state index is 0.0594. The molecule has 0 aliphatic carbocycles. The minimum Gasteiger partial charge on any atom is -0.493 e. The van der Waals surface area contributed by atoms with E-state index in [4.69, 9.17) is 25.8 Å². The molecule has 6 heteroatoms. The van der Waals surface area contributed by atoms with Crippen LogP contribution in [0.25, 0.3) is 17.2 Å². The number of hydrogen-bond acceptors (Lipinski definition) is 5. The predicted molar refractivity (Wildman–Crippen MR) is 126 cm³/mol. The van der Waals surface area contributed by atoms with E-state index in [2.05, 4.69) is 4.99 Å². The van der Waals surface area contributed by atoms with Crippen molar-refractivity contribution in [3.8, 4) is 22.6 Å². The molecule has 0 amide bonds. The Morgan fingerprint density at radius 2 is 1.62 bits per heavy atom. The largest absolute Gasteiger partial charge is 0.493 e. The summed E-state index contributed by atoms with van der Waals surface area (Å²) in [5, 5.41) is 0.386. The molecule has 0 fully saturated rings. The predicted octanol–water partition coefficient (Wildman–Crippen LogP) is 6.15. The Labute approximate surface area is 191 Å². The zero-order chi connectivity index (χ0) is 22.7. The zero-order valence-electron chi connectivity index (χ0n) is 18.0. The number of carbonyl (C=O) groups excluding carboxylic acids is 1. The number of esters is 1. The van der Waals surface area contributed by atoms with Gasteiger partial charge in [0.2, 0.25) is 5.90 Å². The quantitative estimate of drug-likeness (QED) is 0.336. The average Bonchev–Trinajstić information content (AvgIpc) is 3.16. The molecule has 162 valence electrons. The van der Waals surface area contributed by atoms with Crippen LogP contribution in [0.1, 0.15) is 25.0 Å². The van der Waals surface area contributed by atoms with Crippen LogP contribution in [0.5, 0.6) is 11.5 Å². The summed E-state index contributed by atoms with van der Waals surface area (Å²) in [5.41, 5.74) is 3.74. The molecule has 0 saturated heterocycles. The Bertz CT molecular complexity index is 1200. The molecule has 4 rings (SSSR count). The van der Waals surface area contributed by atoms with Gasteiger partial charge in [-0.05, 0) is 60.9 Å². The molecule has 0 atom stereocenters. The molecule has 0 N–H and O–H groups in total. The van der Waals surface area contributed by atoms with Gasteiger partial charge < -0.3 is 14.2 Å². The molecule has 5 nitrogen and oxygen atoms in total. The first-order valence-corrected chi connectivity index (χ1v) is 10.5. The van der Waals surface area contributed by atoms with E-state index in [0.29, 0.717) is 22.1 Å². The third-order valence-electron chi connectivity index (χ3n) is 4.77. The van der Waals surface area contributed by atoms with Crippen LogP contribution in [0, 0.1) is 0 Å². The molecule has 1 heterocycles. The molecule has 3 aromatic carbocycles. The van der Waals surface area contributed by atoms with Gasteiger partial charge in [-0.1, -0.05) is 54.1 Å². The van der Waals surface area contributed by atoms with Gasteiger partial charge in [-0.3, -0.25) is 0 Å². The SMILES string of the molecule is COc1cc(/C=C2\N=C(c3ccc(-c4ccccc4)cc3)OC2=O)cc(Cl)c1OC(C)C. The number of nitrogens with zero attached hydrogens (tertiary/aromatic N) is 1. The summed E-state index contributed by atoms with van der Waals surface area (Å²) in [7, 11) is 1.54. The highest BCUT2D eigenvalue weighted by molar-refractivity contribution is 6.32. The lowest BCUT2D eigenvalue weighted by molar-refractivity contribution is -0.129. The molecule has 0 bridgehead atoms. The van der Waals surface area contributed by atoms with Gasteiger partial charge in [0, 0.05) is 5.56 Å². The van der Waals surface area contributed by atoms with Gasteiger partial charge in [0.05, 0.1) is 18.2 Å². The number of methoxy groups -OCH3 is 1. The maximum Gasteiger partial charge on any atom is 0.363 e. The monoisotopic (exact) mass is 447 g/mol. The smallest absolute Gasteiger partial charge is 0.363 e. The second-order valence-electron chi connectivity index (χ2n) is 7.48. The summed E-state index contributed by atoms with van der Waals surface area (Å²) in [6, 6.07) is 21.2. The van der Waals surface area contributed by atoms with Gasteiger partial charge >= 0.3 is 5.97 Å². The summed E-state index contributed by atoms with van der Waals surface area (Å²) < 4.78 is 16.5. The van der Waals surface area contributed by atoms with Crippen molar-refractivity contribution < 1.29 is 19.0 Å². The first kappa shape index (κ1) is 21.7. The minimum atomic E-state index is -0.523. The Balaban J connectivity index is 1.61. The van der Waals surface area contributed by atoms with Gasteiger partial charge in [0.15, 0.2) is 17.2 Å². The topological polar surface area (TPSA) is 57.1 Å². The molecule has 1 aliphatic heterocycles. The summed E-state index contributed by atoms with van der Waals surface area (Å²) >= 11 is 6.38. The maximum absolute atomic E-state index is 12.4. The highest BCUT2D eigenvalue weighted by atomic mass is 35.5. The second-order valence-corrected chi connectivity index (χ2v) is 7.89. The van der Waals surface area contributed by atoms with E-state index in [1.165, 1.54) is 7.11 Å². The van der Waals surface area contributed by atoms with E-state index in [1.807, 2.05) is 68.4 Å². The van der Waals surface area contributed by atoms with Crippen molar-refractivity contribution in [2.75, 3.05) is 7.11 Å². The summed E-state index contributed by atoms with van der Waals surface area (Å²) in [6.45, 7) is 3.81. The number of ether oxygens (including phenoxy) is 3. The number of carbonyl (C=O) groups is 1. The summed E-state index contributed by atoms with van der Waals surface area (Å²) in [6.07, 6.45) is 1.55. The van der Waals surface area contributed by atoms with Gasteiger partial charge in [-0.15, -0.1) is 0 Å². The highest BCUT2D eigenvalue weighted by Crippen LogP contribution is 2.38. The zero-order valence-corrected chi connectivity index (χ0v) is 18.7.